The molecule has 0 saturated carbocycles. The number of anilines is 1. The Hall–Kier alpha value is -2.49. The van der Waals surface area contributed by atoms with E-state index in [-0.39, 0.29) is 0 Å². The fourth-order valence-electron chi connectivity index (χ4n) is 3.52. The number of pyridine rings is 1. The normalized spacial score (nSPS) is 17.5. The van der Waals surface area contributed by atoms with Crippen molar-refractivity contribution < 1.29 is 0 Å². The largest absolute Gasteiger partial charge is 0.356 e. The van der Waals surface area contributed by atoms with Crippen LogP contribution in [0.3, 0.4) is 0 Å². The van der Waals surface area contributed by atoms with Gasteiger partial charge < -0.3 is 4.90 Å². The maximum Gasteiger partial charge on any atom is 0.128 e. The number of rotatable bonds is 4. The molecular weight excluding hydrogens is 296 g/mol. The Morgan fingerprint density at radius 2 is 1.83 bits per heavy atom. The van der Waals surface area contributed by atoms with Gasteiger partial charge in [0.2, 0.25) is 0 Å². The average Bonchev–Trinajstić information content (AvgIpc) is 3.10. The lowest BCUT2D eigenvalue weighted by Crippen LogP contribution is -2.20. The van der Waals surface area contributed by atoms with Gasteiger partial charge in [-0.2, -0.15) is 0 Å². The van der Waals surface area contributed by atoms with Gasteiger partial charge in [0.25, 0.3) is 0 Å². The van der Waals surface area contributed by atoms with E-state index < -0.39 is 0 Å². The van der Waals surface area contributed by atoms with E-state index in [4.69, 9.17) is 9.97 Å². The molecule has 3 heterocycles. The summed E-state index contributed by atoms with van der Waals surface area (Å²) < 4.78 is 0. The van der Waals surface area contributed by atoms with Crippen LogP contribution in [0, 0.1) is 12.8 Å². The third-order valence-electron chi connectivity index (χ3n) is 4.89. The molecular formula is C20H22N4. The third-order valence-corrected chi connectivity index (χ3v) is 4.89. The lowest BCUT2D eigenvalue weighted by molar-refractivity contribution is 0.533. The van der Waals surface area contributed by atoms with Gasteiger partial charge in [-0.15, -0.1) is 0 Å². The van der Waals surface area contributed by atoms with Gasteiger partial charge in [0.05, 0.1) is 22.4 Å². The van der Waals surface area contributed by atoms with E-state index in [1.54, 1.807) is 0 Å². The molecule has 4 nitrogen and oxygen atoms in total. The Morgan fingerprint density at radius 3 is 2.62 bits per heavy atom. The van der Waals surface area contributed by atoms with Crippen molar-refractivity contribution in [1.29, 1.82) is 0 Å². The molecule has 0 bridgehead atoms. The Balaban J connectivity index is 1.42. The first-order valence-corrected chi connectivity index (χ1v) is 8.68. The van der Waals surface area contributed by atoms with Crippen molar-refractivity contribution in [1.82, 2.24) is 15.0 Å². The maximum atomic E-state index is 4.82. The Morgan fingerprint density at radius 1 is 1.04 bits per heavy atom. The van der Waals surface area contributed by atoms with Gasteiger partial charge in [0.15, 0.2) is 0 Å². The van der Waals surface area contributed by atoms with Gasteiger partial charge in [0.1, 0.15) is 5.82 Å². The molecule has 3 aromatic rings. The highest BCUT2D eigenvalue weighted by atomic mass is 15.2. The van der Waals surface area contributed by atoms with Crippen LogP contribution in [0.1, 0.15) is 24.2 Å². The average molecular weight is 318 g/mol. The molecule has 0 radical (unpaired) electrons. The molecule has 1 fully saturated rings. The molecule has 1 saturated heterocycles. The molecule has 1 aromatic carbocycles. The smallest absolute Gasteiger partial charge is 0.128 e. The van der Waals surface area contributed by atoms with Crippen molar-refractivity contribution in [2.45, 2.75) is 26.2 Å². The van der Waals surface area contributed by atoms with Crippen LogP contribution >= 0.6 is 0 Å². The van der Waals surface area contributed by atoms with Gasteiger partial charge in [-0.25, -0.2) is 15.0 Å². The molecule has 4 rings (SSSR count). The highest BCUT2D eigenvalue weighted by Gasteiger charge is 2.23. The standard InChI is InChI=1S/C20H22N4/c1-15-17(23-19-7-3-2-6-18(19)22-15)10-9-16-11-13-24(14-16)20-8-4-5-12-21-20/h2-8,12,16H,9-11,13-14H2,1H3/t16-/m0/s1. The number of aryl methyl sites for hydroxylation is 2. The SMILES string of the molecule is Cc1nc2ccccc2nc1CC[C@H]1CCN(c2ccccn2)C1. The molecule has 1 atom stereocenters. The molecule has 0 amide bonds. The zero-order valence-corrected chi connectivity index (χ0v) is 14.0. The van der Waals surface area contributed by atoms with Crippen LogP contribution in [0.5, 0.6) is 0 Å². The van der Waals surface area contributed by atoms with E-state index in [0.29, 0.717) is 5.92 Å². The summed E-state index contributed by atoms with van der Waals surface area (Å²) in [7, 11) is 0. The van der Waals surface area contributed by atoms with Gasteiger partial charge in [-0.1, -0.05) is 18.2 Å². The number of hydrogen-bond donors (Lipinski definition) is 0. The molecule has 1 aliphatic rings. The van der Waals surface area contributed by atoms with Crippen LogP contribution in [0.2, 0.25) is 0 Å². The number of benzene rings is 1. The van der Waals surface area contributed by atoms with Crippen LogP contribution < -0.4 is 4.90 Å². The Labute approximate surface area is 142 Å². The Kier molecular flexibility index (Phi) is 4.11. The van der Waals surface area contributed by atoms with E-state index in [1.165, 1.54) is 6.42 Å². The maximum absolute atomic E-state index is 4.82. The summed E-state index contributed by atoms with van der Waals surface area (Å²) in [6, 6.07) is 14.2. The molecule has 0 unspecified atom stereocenters. The van der Waals surface area contributed by atoms with Gasteiger partial charge >= 0.3 is 0 Å². The minimum absolute atomic E-state index is 0.708. The fourth-order valence-corrected chi connectivity index (χ4v) is 3.52. The summed E-state index contributed by atoms with van der Waals surface area (Å²) >= 11 is 0. The second-order valence-corrected chi connectivity index (χ2v) is 6.57. The predicted molar refractivity (Wildman–Crippen MR) is 97.2 cm³/mol. The summed E-state index contributed by atoms with van der Waals surface area (Å²) in [5.74, 6) is 1.81. The van der Waals surface area contributed by atoms with Crippen LogP contribution in [-0.4, -0.2) is 28.0 Å². The number of aromatic nitrogens is 3. The monoisotopic (exact) mass is 318 g/mol. The van der Waals surface area contributed by atoms with E-state index >= 15 is 0 Å². The summed E-state index contributed by atoms with van der Waals surface area (Å²) in [5, 5.41) is 0. The lowest BCUT2D eigenvalue weighted by Gasteiger charge is -2.17. The van der Waals surface area contributed by atoms with Crippen LogP contribution in [-0.2, 0) is 6.42 Å². The fraction of sp³-hybridized carbons (Fsp3) is 0.350. The van der Waals surface area contributed by atoms with Crippen molar-refractivity contribution in [2.75, 3.05) is 18.0 Å². The molecule has 0 spiro atoms. The van der Waals surface area contributed by atoms with Crippen molar-refractivity contribution in [2.24, 2.45) is 5.92 Å². The van der Waals surface area contributed by atoms with Crippen LogP contribution in [0.25, 0.3) is 11.0 Å². The number of para-hydroxylation sites is 2. The zero-order valence-electron chi connectivity index (χ0n) is 14.0. The predicted octanol–water partition coefficient (Wildman–Crippen LogP) is 3.79. The summed E-state index contributed by atoms with van der Waals surface area (Å²) in [5.41, 5.74) is 4.19. The van der Waals surface area contributed by atoms with Crippen molar-refractivity contribution >= 4 is 16.9 Å². The van der Waals surface area contributed by atoms with Crippen molar-refractivity contribution in [3.8, 4) is 0 Å². The van der Waals surface area contributed by atoms with Crippen molar-refractivity contribution in [3.63, 3.8) is 0 Å². The zero-order chi connectivity index (χ0) is 16.4. The minimum Gasteiger partial charge on any atom is -0.356 e. The first-order chi connectivity index (χ1) is 11.8. The van der Waals surface area contributed by atoms with Gasteiger partial charge in [0, 0.05) is 19.3 Å². The third kappa shape index (κ3) is 3.09. The van der Waals surface area contributed by atoms with E-state index in [1.807, 2.05) is 36.5 Å². The Bertz CT molecular complexity index is 831. The quantitative estimate of drug-likeness (QED) is 0.734. The highest BCUT2D eigenvalue weighted by Crippen LogP contribution is 2.25. The second-order valence-electron chi connectivity index (χ2n) is 6.57. The molecule has 2 aromatic heterocycles. The molecule has 1 aliphatic heterocycles. The summed E-state index contributed by atoms with van der Waals surface area (Å²) in [6.45, 7) is 4.27. The van der Waals surface area contributed by atoms with E-state index in [9.17, 15) is 0 Å². The van der Waals surface area contributed by atoms with Crippen LogP contribution in [0.15, 0.2) is 48.7 Å². The molecule has 0 N–H and O–H groups in total. The lowest BCUT2D eigenvalue weighted by atomic mass is 10.0. The molecule has 4 heteroatoms. The van der Waals surface area contributed by atoms with Gasteiger partial charge in [-0.05, 0) is 56.4 Å². The number of hydrogen-bond acceptors (Lipinski definition) is 4. The van der Waals surface area contributed by atoms with E-state index in [2.05, 4.69) is 28.9 Å². The highest BCUT2D eigenvalue weighted by molar-refractivity contribution is 5.74. The summed E-state index contributed by atoms with van der Waals surface area (Å²) in [4.78, 5) is 16.4. The van der Waals surface area contributed by atoms with Crippen molar-refractivity contribution in [3.05, 3.63) is 60.0 Å². The molecule has 122 valence electrons. The first-order valence-electron chi connectivity index (χ1n) is 8.68. The molecule has 24 heavy (non-hydrogen) atoms. The number of fused-ring (bicyclic) bond motifs is 1. The topological polar surface area (TPSA) is 41.9 Å². The first kappa shape index (κ1) is 15.1. The van der Waals surface area contributed by atoms with E-state index in [0.717, 1.165) is 54.2 Å². The second kappa shape index (κ2) is 6.56. The number of nitrogens with zero attached hydrogens (tertiary/aromatic N) is 4. The minimum atomic E-state index is 0.708. The van der Waals surface area contributed by atoms with Crippen LogP contribution in [0.4, 0.5) is 5.82 Å². The summed E-state index contributed by atoms with van der Waals surface area (Å²) in [6.07, 6.45) is 5.27. The van der Waals surface area contributed by atoms with Gasteiger partial charge in [-0.3, -0.25) is 0 Å². The molecule has 0 aliphatic carbocycles.